The van der Waals surface area contributed by atoms with Crippen LogP contribution in [0.25, 0.3) is 17.2 Å². The maximum Gasteiger partial charge on any atom is 0.401 e. The zero-order valence-corrected chi connectivity index (χ0v) is 13.7. The Kier molecular flexibility index (Phi) is 3.31. The summed E-state index contributed by atoms with van der Waals surface area (Å²) in [4.78, 5) is 12.4. The summed E-state index contributed by atoms with van der Waals surface area (Å²) in [6.45, 7) is 4.12. The summed E-state index contributed by atoms with van der Waals surface area (Å²) in [5.74, 6) is 0.821. The first-order valence-corrected chi connectivity index (χ1v) is 8.23. The predicted molar refractivity (Wildman–Crippen MR) is 92.1 cm³/mol. The summed E-state index contributed by atoms with van der Waals surface area (Å²) >= 11 is 1.60. The quantitative estimate of drug-likeness (QED) is 0.566. The first-order valence-electron chi connectivity index (χ1n) is 7.35. The van der Waals surface area contributed by atoms with Crippen molar-refractivity contribution < 1.29 is 4.40 Å². The van der Waals surface area contributed by atoms with Crippen LogP contribution in [0.5, 0.6) is 0 Å². The van der Waals surface area contributed by atoms with Crippen molar-refractivity contribution in [2.24, 2.45) is 0 Å². The molecule has 3 heterocycles. The van der Waals surface area contributed by atoms with Crippen molar-refractivity contribution in [1.82, 2.24) is 15.0 Å². The number of H-pyrrole nitrogens is 1. The number of hydrogen-bond acceptors (Lipinski definition) is 4. The molecule has 114 valence electrons. The zero-order chi connectivity index (χ0) is 15.8. The number of thiazole rings is 1. The van der Waals surface area contributed by atoms with E-state index < -0.39 is 0 Å². The molecule has 0 unspecified atom stereocenters. The number of anilines is 2. The topological polar surface area (TPSA) is 57.7 Å². The lowest BCUT2D eigenvalue weighted by molar-refractivity contribution is -0.501. The molecule has 0 aliphatic heterocycles. The molecular formula is C17H16N5S+. The standard InChI is InChI=1S/C17H15N5S/c1-11-5-3-6-13(9-11)20-17-21-14(10-23-17)15-12(2)19-16-18-7-4-8-22(15)16/h3-10H,1-2H3,(H,20,21)/p+1. The van der Waals surface area contributed by atoms with Crippen molar-refractivity contribution >= 4 is 27.9 Å². The first kappa shape index (κ1) is 13.9. The smallest absolute Gasteiger partial charge is 0.332 e. The van der Waals surface area contributed by atoms with Crippen LogP contribution in [-0.4, -0.2) is 15.0 Å². The van der Waals surface area contributed by atoms with Gasteiger partial charge in [-0.05, 0) is 31.5 Å². The largest absolute Gasteiger partial charge is 0.401 e. The van der Waals surface area contributed by atoms with Gasteiger partial charge < -0.3 is 5.32 Å². The van der Waals surface area contributed by atoms with E-state index in [1.165, 1.54) is 5.56 Å². The van der Waals surface area contributed by atoms with Crippen LogP contribution >= 0.6 is 11.3 Å². The summed E-state index contributed by atoms with van der Waals surface area (Å²) in [7, 11) is 0. The molecule has 0 amide bonds. The van der Waals surface area contributed by atoms with Gasteiger partial charge in [-0.25, -0.2) is 9.97 Å². The summed E-state index contributed by atoms with van der Waals surface area (Å²) in [6, 6.07) is 10.2. The highest BCUT2D eigenvalue weighted by Crippen LogP contribution is 2.27. The molecule has 4 rings (SSSR count). The first-order chi connectivity index (χ1) is 11.2. The van der Waals surface area contributed by atoms with Crippen LogP contribution in [-0.2, 0) is 0 Å². The lowest BCUT2D eigenvalue weighted by atomic mass is 10.2. The van der Waals surface area contributed by atoms with Crippen LogP contribution in [0.2, 0.25) is 0 Å². The third-order valence-electron chi connectivity index (χ3n) is 3.66. The zero-order valence-electron chi connectivity index (χ0n) is 12.9. The van der Waals surface area contributed by atoms with Crippen molar-refractivity contribution in [1.29, 1.82) is 0 Å². The molecule has 0 bridgehead atoms. The van der Waals surface area contributed by atoms with Gasteiger partial charge in [0.2, 0.25) is 0 Å². The molecule has 3 aromatic heterocycles. The van der Waals surface area contributed by atoms with E-state index >= 15 is 0 Å². The fourth-order valence-corrected chi connectivity index (χ4v) is 3.37. The number of nitrogens with one attached hydrogen (secondary N) is 2. The Hall–Kier alpha value is -2.73. The molecule has 6 heteroatoms. The SMILES string of the molecule is Cc1cccc(Nc2nc(-c3c(C)[nH]c4nccc[n+]34)cs2)c1. The summed E-state index contributed by atoms with van der Waals surface area (Å²) < 4.78 is 2.03. The molecule has 0 aliphatic rings. The Morgan fingerprint density at radius 3 is 3.00 bits per heavy atom. The van der Waals surface area contributed by atoms with Gasteiger partial charge in [0.25, 0.3) is 0 Å². The Labute approximate surface area is 137 Å². The van der Waals surface area contributed by atoms with Crippen LogP contribution in [0.1, 0.15) is 11.3 Å². The Balaban J connectivity index is 1.71. The van der Waals surface area contributed by atoms with Crippen molar-refractivity contribution in [3.8, 4) is 11.4 Å². The maximum absolute atomic E-state index is 4.73. The second-order valence-electron chi connectivity index (χ2n) is 5.44. The molecule has 0 saturated heterocycles. The van der Waals surface area contributed by atoms with Crippen molar-refractivity contribution in [2.75, 3.05) is 5.32 Å². The van der Waals surface area contributed by atoms with E-state index in [-0.39, 0.29) is 0 Å². The molecule has 0 saturated carbocycles. The Bertz CT molecular complexity index is 985. The highest BCUT2D eigenvalue weighted by molar-refractivity contribution is 7.14. The minimum absolute atomic E-state index is 0.821. The summed E-state index contributed by atoms with van der Waals surface area (Å²) in [5.41, 5.74) is 5.31. The van der Waals surface area contributed by atoms with E-state index in [0.29, 0.717) is 0 Å². The molecule has 2 N–H and O–H groups in total. The van der Waals surface area contributed by atoms with E-state index in [0.717, 1.165) is 33.7 Å². The second kappa shape index (κ2) is 5.48. The predicted octanol–water partition coefficient (Wildman–Crippen LogP) is 3.63. The molecule has 5 nitrogen and oxygen atoms in total. The van der Waals surface area contributed by atoms with Gasteiger partial charge in [0, 0.05) is 17.1 Å². The van der Waals surface area contributed by atoms with E-state index in [4.69, 9.17) is 4.98 Å². The lowest BCUT2D eigenvalue weighted by Crippen LogP contribution is -2.22. The number of nitrogens with zero attached hydrogens (tertiary/aromatic N) is 3. The molecule has 0 radical (unpaired) electrons. The fourth-order valence-electron chi connectivity index (χ4n) is 2.65. The minimum atomic E-state index is 0.821. The van der Waals surface area contributed by atoms with Crippen LogP contribution in [0.3, 0.4) is 0 Å². The molecule has 23 heavy (non-hydrogen) atoms. The average Bonchev–Trinajstić information content (AvgIpc) is 3.10. The van der Waals surface area contributed by atoms with Crippen molar-refractivity contribution in [3.63, 3.8) is 0 Å². The average molecular weight is 322 g/mol. The number of benzene rings is 1. The molecule has 1 aromatic carbocycles. The van der Waals surface area contributed by atoms with Gasteiger partial charge in [0.15, 0.2) is 10.8 Å². The monoisotopic (exact) mass is 322 g/mol. The summed E-state index contributed by atoms with van der Waals surface area (Å²) in [6.07, 6.45) is 3.77. The highest BCUT2D eigenvalue weighted by Gasteiger charge is 2.19. The highest BCUT2D eigenvalue weighted by atomic mass is 32.1. The van der Waals surface area contributed by atoms with Gasteiger partial charge in [-0.2, -0.15) is 4.40 Å². The number of fused-ring (bicyclic) bond motifs is 1. The summed E-state index contributed by atoms with van der Waals surface area (Å²) in [5, 5.41) is 6.31. The van der Waals surface area contributed by atoms with Gasteiger partial charge in [-0.3, -0.25) is 0 Å². The third-order valence-corrected chi connectivity index (χ3v) is 4.42. The molecule has 0 spiro atoms. The molecular weight excluding hydrogens is 306 g/mol. The van der Waals surface area contributed by atoms with Gasteiger partial charge in [0.1, 0.15) is 17.6 Å². The van der Waals surface area contributed by atoms with Crippen LogP contribution in [0.15, 0.2) is 48.1 Å². The van der Waals surface area contributed by atoms with E-state index in [1.54, 1.807) is 17.5 Å². The van der Waals surface area contributed by atoms with Gasteiger partial charge in [-0.1, -0.05) is 17.1 Å². The van der Waals surface area contributed by atoms with Crippen molar-refractivity contribution in [3.05, 3.63) is 59.4 Å². The maximum atomic E-state index is 4.73. The number of rotatable bonds is 3. The van der Waals surface area contributed by atoms with E-state index in [9.17, 15) is 0 Å². The number of imidazole rings is 1. The van der Waals surface area contributed by atoms with Gasteiger partial charge in [-0.15, -0.1) is 11.3 Å². The number of hydrogen-bond donors (Lipinski definition) is 2. The van der Waals surface area contributed by atoms with Gasteiger partial charge >= 0.3 is 5.78 Å². The minimum Gasteiger partial charge on any atom is -0.332 e. The molecule has 4 aromatic rings. The number of aryl methyl sites for hydroxylation is 2. The number of aromatic amines is 1. The molecule has 0 aliphatic carbocycles. The Morgan fingerprint density at radius 1 is 1.22 bits per heavy atom. The van der Waals surface area contributed by atoms with E-state index in [1.807, 2.05) is 35.7 Å². The van der Waals surface area contributed by atoms with Crippen molar-refractivity contribution in [2.45, 2.75) is 13.8 Å². The molecule has 0 atom stereocenters. The van der Waals surface area contributed by atoms with E-state index in [2.05, 4.69) is 39.7 Å². The number of aromatic nitrogens is 4. The van der Waals surface area contributed by atoms with Crippen LogP contribution < -0.4 is 9.72 Å². The lowest BCUT2D eigenvalue weighted by Gasteiger charge is -2.02. The third kappa shape index (κ3) is 2.57. The van der Waals surface area contributed by atoms with Crippen LogP contribution in [0, 0.1) is 13.8 Å². The fraction of sp³-hybridized carbons (Fsp3) is 0.118. The molecule has 0 fully saturated rings. The van der Waals surface area contributed by atoms with Gasteiger partial charge in [0.05, 0.1) is 6.20 Å². The Morgan fingerprint density at radius 2 is 2.13 bits per heavy atom. The second-order valence-corrected chi connectivity index (χ2v) is 6.30. The normalized spacial score (nSPS) is 11.0. The van der Waals surface area contributed by atoms with Crippen LogP contribution in [0.4, 0.5) is 10.8 Å².